The van der Waals surface area contributed by atoms with Crippen LogP contribution >= 0.6 is 11.3 Å². The van der Waals surface area contributed by atoms with Crippen LogP contribution in [-0.4, -0.2) is 12.6 Å². The molecule has 0 N–H and O–H groups in total. The lowest BCUT2D eigenvalue weighted by molar-refractivity contribution is -0.142. The average molecular weight is 224 g/mol. The van der Waals surface area contributed by atoms with Gasteiger partial charge in [0.1, 0.15) is 6.61 Å². The Bertz CT molecular complexity index is 301. The Morgan fingerprint density at radius 1 is 1.60 bits per heavy atom. The van der Waals surface area contributed by atoms with E-state index in [1.165, 1.54) is 4.88 Å². The van der Waals surface area contributed by atoms with Crippen molar-refractivity contribution in [2.75, 3.05) is 6.61 Å². The lowest BCUT2D eigenvalue weighted by Crippen LogP contribution is -2.04. The van der Waals surface area contributed by atoms with Crippen molar-refractivity contribution in [3.63, 3.8) is 0 Å². The summed E-state index contributed by atoms with van der Waals surface area (Å²) in [6, 6.07) is 4.13. The van der Waals surface area contributed by atoms with Crippen molar-refractivity contribution in [2.24, 2.45) is 0 Å². The molecule has 1 heterocycles. The van der Waals surface area contributed by atoms with Crippen LogP contribution in [0, 0.1) is 0 Å². The molecule has 0 saturated heterocycles. The van der Waals surface area contributed by atoms with Crippen molar-refractivity contribution in [1.29, 1.82) is 0 Å². The SMILES string of the molecule is C/C=C/COC(=O)CCCc1cccs1. The molecular weight excluding hydrogens is 208 g/mol. The molecule has 0 aliphatic rings. The van der Waals surface area contributed by atoms with E-state index in [9.17, 15) is 4.79 Å². The molecule has 15 heavy (non-hydrogen) atoms. The first-order valence-electron chi connectivity index (χ1n) is 5.12. The molecule has 0 unspecified atom stereocenters. The second-order valence-corrected chi connectivity index (χ2v) is 4.22. The van der Waals surface area contributed by atoms with E-state index in [1.807, 2.05) is 25.1 Å². The Morgan fingerprint density at radius 3 is 3.13 bits per heavy atom. The largest absolute Gasteiger partial charge is 0.461 e. The molecule has 0 bridgehead atoms. The third kappa shape index (κ3) is 5.37. The van der Waals surface area contributed by atoms with E-state index in [0.717, 1.165) is 12.8 Å². The number of ether oxygens (including phenoxy) is 1. The number of allylic oxidation sites excluding steroid dienone is 1. The summed E-state index contributed by atoms with van der Waals surface area (Å²) >= 11 is 1.73. The molecule has 0 fully saturated rings. The zero-order valence-electron chi connectivity index (χ0n) is 8.94. The number of hydrogen-bond acceptors (Lipinski definition) is 3. The summed E-state index contributed by atoms with van der Waals surface area (Å²) in [7, 11) is 0. The highest BCUT2D eigenvalue weighted by Crippen LogP contribution is 2.12. The van der Waals surface area contributed by atoms with Crippen LogP contribution in [-0.2, 0) is 16.0 Å². The van der Waals surface area contributed by atoms with Crippen molar-refractivity contribution >= 4 is 17.3 Å². The maximum absolute atomic E-state index is 11.2. The van der Waals surface area contributed by atoms with Crippen LogP contribution < -0.4 is 0 Å². The monoisotopic (exact) mass is 224 g/mol. The zero-order valence-corrected chi connectivity index (χ0v) is 9.76. The minimum absolute atomic E-state index is 0.107. The maximum atomic E-state index is 11.2. The fraction of sp³-hybridized carbons (Fsp3) is 0.417. The van der Waals surface area contributed by atoms with Gasteiger partial charge in [-0.25, -0.2) is 0 Å². The molecular formula is C12H16O2S. The van der Waals surface area contributed by atoms with Gasteiger partial charge in [-0.1, -0.05) is 18.2 Å². The molecule has 0 aliphatic heterocycles. The highest BCUT2D eigenvalue weighted by molar-refractivity contribution is 7.09. The molecule has 1 rings (SSSR count). The molecule has 2 nitrogen and oxygen atoms in total. The molecule has 0 aliphatic carbocycles. The minimum atomic E-state index is -0.107. The second-order valence-electron chi connectivity index (χ2n) is 3.18. The third-order valence-corrected chi connectivity index (χ3v) is 2.90. The molecule has 3 heteroatoms. The Balaban J connectivity index is 2.07. The fourth-order valence-electron chi connectivity index (χ4n) is 1.17. The molecule has 1 aromatic heterocycles. The summed E-state index contributed by atoms with van der Waals surface area (Å²) in [5, 5.41) is 2.06. The van der Waals surface area contributed by atoms with Crippen LogP contribution in [0.2, 0.25) is 0 Å². The molecule has 82 valence electrons. The normalized spacial score (nSPS) is 10.7. The number of carbonyl (C=O) groups excluding carboxylic acids is 1. The van der Waals surface area contributed by atoms with Crippen LogP contribution in [0.15, 0.2) is 29.7 Å². The molecule has 1 aromatic rings. The Morgan fingerprint density at radius 2 is 2.47 bits per heavy atom. The van der Waals surface area contributed by atoms with Crippen molar-refractivity contribution in [2.45, 2.75) is 26.2 Å². The lowest BCUT2D eigenvalue weighted by Gasteiger charge is -2.00. The molecule has 0 amide bonds. The number of hydrogen-bond donors (Lipinski definition) is 0. The van der Waals surface area contributed by atoms with Gasteiger partial charge >= 0.3 is 5.97 Å². The van der Waals surface area contributed by atoms with E-state index in [0.29, 0.717) is 13.0 Å². The smallest absolute Gasteiger partial charge is 0.306 e. The predicted molar refractivity (Wildman–Crippen MR) is 63.0 cm³/mol. The van der Waals surface area contributed by atoms with Crippen molar-refractivity contribution in [3.8, 4) is 0 Å². The summed E-state index contributed by atoms with van der Waals surface area (Å²) in [4.78, 5) is 12.5. The number of carbonyl (C=O) groups is 1. The Hall–Kier alpha value is -1.09. The first-order valence-corrected chi connectivity index (χ1v) is 6.00. The van der Waals surface area contributed by atoms with Gasteiger partial charge in [-0.2, -0.15) is 0 Å². The number of esters is 1. The van der Waals surface area contributed by atoms with Crippen LogP contribution in [0.25, 0.3) is 0 Å². The van der Waals surface area contributed by atoms with Crippen molar-refractivity contribution < 1.29 is 9.53 Å². The van der Waals surface area contributed by atoms with Gasteiger partial charge in [0.15, 0.2) is 0 Å². The van der Waals surface area contributed by atoms with Gasteiger partial charge in [0, 0.05) is 11.3 Å². The van der Waals surface area contributed by atoms with Crippen molar-refractivity contribution in [1.82, 2.24) is 0 Å². The second kappa shape index (κ2) is 7.23. The highest BCUT2D eigenvalue weighted by atomic mass is 32.1. The van der Waals surface area contributed by atoms with Gasteiger partial charge in [-0.05, 0) is 31.2 Å². The average Bonchev–Trinajstić information content (AvgIpc) is 2.71. The Kier molecular flexibility index (Phi) is 5.78. The lowest BCUT2D eigenvalue weighted by atomic mass is 10.2. The summed E-state index contributed by atoms with van der Waals surface area (Å²) in [5.41, 5.74) is 0. The standard InChI is InChI=1S/C12H16O2S/c1-2-3-9-14-12(13)8-4-6-11-7-5-10-15-11/h2-3,5,7,10H,4,6,8-9H2,1H3/b3-2+. The van der Waals surface area contributed by atoms with Gasteiger partial charge in [0.25, 0.3) is 0 Å². The summed E-state index contributed by atoms with van der Waals surface area (Å²) in [5.74, 6) is -0.107. The van der Waals surface area contributed by atoms with Crippen molar-refractivity contribution in [3.05, 3.63) is 34.5 Å². The topological polar surface area (TPSA) is 26.3 Å². The number of thiophene rings is 1. The predicted octanol–water partition coefficient (Wildman–Crippen LogP) is 3.19. The third-order valence-electron chi connectivity index (χ3n) is 1.96. The first kappa shape index (κ1) is 12.0. The quantitative estimate of drug-likeness (QED) is 0.548. The molecule has 0 aromatic carbocycles. The summed E-state index contributed by atoms with van der Waals surface area (Å²) < 4.78 is 4.98. The van der Waals surface area contributed by atoms with Crippen LogP contribution in [0.1, 0.15) is 24.6 Å². The van der Waals surface area contributed by atoms with Gasteiger partial charge < -0.3 is 4.74 Å². The summed E-state index contributed by atoms with van der Waals surface area (Å²) in [6.45, 7) is 2.30. The molecule has 0 atom stereocenters. The maximum Gasteiger partial charge on any atom is 0.306 e. The molecule has 0 saturated carbocycles. The molecule has 0 radical (unpaired) electrons. The fourth-order valence-corrected chi connectivity index (χ4v) is 1.92. The zero-order chi connectivity index (χ0) is 10.9. The van der Waals surface area contributed by atoms with Gasteiger partial charge in [-0.15, -0.1) is 11.3 Å². The first-order chi connectivity index (χ1) is 7.33. The van der Waals surface area contributed by atoms with E-state index in [-0.39, 0.29) is 5.97 Å². The Labute approximate surface area is 94.6 Å². The minimum Gasteiger partial charge on any atom is -0.461 e. The van der Waals surface area contributed by atoms with Crippen LogP contribution in [0.3, 0.4) is 0 Å². The summed E-state index contributed by atoms with van der Waals surface area (Å²) in [6.07, 6.45) is 6.05. The van der Waals surface area contributed by atoms with Crippen LogP contribution in [0.5, 0.6) is 0 Å². The highest BCUT2D eigenvalue weighted by Gasteiger charge is 2.02. The van der Waals surface area contributed by atoms with Gasteiger partial charge in [0.05, 0.1) is 0 Å². The van der Waals surface area contributed by atoms with E-state index in [4.69, 9.17) is 4.74 Å². The number of aryl methyl sites for hydroxylation is 1. The number of rotatable bonds is 6. The van der Waals surface area contributed by atoms with E-state index in [1.54, 1.807) is 11.3 Å². The van der Waals surface area contributed by atoms with E-state index in [2.05, 4.69) is 11.4 Å². The van der Waals surface area contributed by atoms with Gasteiger partial charge in [0.2, 0.25) is 0 Å². The van der Waals surface area contributed by atoms with Crippen LogP contribution in [0.4, 0.5) is 0 Å². The van der Waals surface area contributed by atoms with Gasteiger partial charge in [-0.3, -0.25) is 4.79 Å². The molecule has 0 spiro atoms. The van der Waals surface area contributed by atoms with E-state index < -0.39 is 0 Å². The van der Waals surface area contributed by atoms with E-state index >= 15 is 0 Å².